The SMILES string of the molecule is CCc1c(C=Cc2ccccn2)nc2sccn2c1=O. The molecule has 3 heterocycles. The lowest BCUT2D eigenvalue weighted by molar-refractivity contribution is 0.976. The normalized spacial score (nSPS) is 11.4. The predicted octanol–water partition coefficient (Wildman–Crippen LogP) is 2.88. The molecule has 0 aliphatic rings. The van der Waals surface area contributed by atoms with Crippen molar-refractivity contribution in [2.24, 2.45) is 0 Å². The van der Waals surface area contributed by atoms with Crippen molar-refractivity contribution in [3.05, 3.63) is 63.3 Å². The molecule has 0 aliphatic heterocycles. The highest BCUT2D eigenvalue weighted by atomic mass is 32.1. The fourth-order valence-electron chi connectivity index (χ4n) is 2.04. The Morgan fingerprint density at radius 3 is 3.00 bits per heavy atom. The summed E-state index contributed by atoms with van der Waals surface area (Å²) in [6, 6.07) is 5.72. The van der Waals surface area contributed by atoms with Crippen LogP contribution < -0.4 is 5.56 Å². The van der Waals surface area contributed by atoms with Crippen LogP contribution in [-0.4, -0.2) is 14.4 Å². The Morgan fingerprint density at radius 1 is 1.35 bits per heavy atom. The highest BCUT2D eigenvalue weighted by Crippen LogP contribution is 2.13. The van der Waals surface area contributed by atoms with Crippen LogP contribution in [0.3, 0.4) is 0 Å². The van der Waals surface area contributed by atoms with Crippen molar-refractivity contribution in [1.82, 2.24) is 14.4 Å². The summed E-state index contributed by atoms with van der Waals surface area (Å²) in [7, 11) is 0. The van der Waals surface area contributed by atoms with Crippen molar-refractivity contribution in [3.8, 4) is 0 Å². The van der Waals surface area contributed by atoms with Crippen LogP contribution in [0.4, 0.5) is 0 Å². The molecular formula is C15H13N3OS. The minimum atomic E-state index is 0.0134. The zero-order valence-electron chi connectivity index (χ0n) is 11.0. The van der Waals surface area contributed by atoms with Gasteiger partial charge in [0.15, 0.2) is 4.96 Å². The Bertz CT molecular complexity index is 818. The molecular weight excluding hydrogens is 270 g/mol. The lowest BCUT2D eigenvalue weighted by Gasteiger charge is -2.02. The van der Waals surface area contributed by atoms with E-state index in [-0.39, 0.29) is 5.56 Å². The first kappa shape index (κ1) is 12.7. The maximum Gasteiger partial charge on any atom is 0.262 e. The minimum absolute atomic E-state index is 0.0134. The molecule has 3 rings (SSSR count). The van der Waals surface area contributed by atoms with Crippen LogP contribution in [0.25, 0.3) is 17.1 Å². The standard InChI is InChI=1S/C15H13N3OS/c1-2-12-13(7-6-11-5-3-4-8-16-11)17-15-18(14(12)19)9-10-20-15/h3-10H,2H2,1H3. The largest absolute Gasteiger partial charge is 0.269 e. The first-order valence-corrected chi connectivity index (χ1v) is 7.25. The number of thiazole rings is 1. The fourth-order valence-corrected chi connectivity index (χ4v) is 2.75. The average Bonchev–Trinajstić information content (AvgIpc) is 2.95. The topological polar surface area (TPSA) is 47.3 Å². The predicted molar refractivity (Wildman–Crippen MR) is 81.9 cm³/mol. The Hall–Kier alpha value is -2.27. The van der Waals surface area contributed by atoms with Gasteiger partial charge in [-0.25, -0.2) is 4.98 Å². The van der Waals surface area contributed by atoms with Gasteiger partial charge < -0.3 is 0 Å². The number of hydrogen-bond acceptors (Lipinski definition) is 4. The van der Waals surface area contributed by atoms with Crippen molar-refractivity contribution in [2.45, 2.75) is 13.3 Å². The summed E-state index contributed by atoms with van der Waals surface area (Å²) >= 11 is 1.46. The molecule has 3 aromatic heterocycles. The molecule has 20 heavy (non-hydrogen) atoms. The van der Waals surface area contributed by atoms with Gasteiger partial charge in [0.05, 0.1) is 11.4 Å². The van der Waals surface area contributed by atoms with Gasteiger partial charge in [0.1, 0.15) is 0 Å². The van der Waals surface area contributed by atoms with Crippen molar-refractivity contribution < 1.29 is 0 Å². The van der Waals surface area contributed by atoms with E-state index >= 15 is 0 Å². The van der Waals surface area contributed by atoms with Crippen LogP contribution in [0.2, 0.25) is 0 Å². The van der Waals surface area contributed by atoms with Crippen molar-refractivity contribution in [2.75, 3.05) is 0 Å². The van der Waals surface area contributed by atoms with E-state index in [0.717, 1.165) is 17.0 Å². The van der Waals surface area contributed by atoms with E-state index in [1.165, 1.54) is 11.3 Å². The molecule has 0 saturated heterocycles. The molecule has 3 aromatic rings. The Balaban J connectivity index is 2.11. The van der Waals surface area contributed by atoms with Crippen LogP contribution in [0.5, 0.6) is 0 Å². The van der Waals surface area contributed by atoms with Crippen LogP contribution in [0, 0.1) is 0 Å². The van der Waals surface area contributed by atoms with Crippen LogP contribution >= 0.6 is 11.3 Å². The summed E-state index contributed by atoms with van der Waals surface area (Å²) in [5, 5.41) is 1.87. The summed E-state index contributed by atoms with van der Waals surface area (Å²) in [5.74, 6) is 0. The van der Waals surface area contributed by atoms with Gasteiger partial charge in [0.25, 0.3) is 5.56 Å². The Morgan fingerprint density at radius 2 is 2.25 bits per heavy atom. The second-order valence-electron chi connectivity index (χ2n) is 4.28. The van der Waals surface area contributed by atoms with E-state index in [2.05, 4.69) is 9.97 Å². The molecule has 0 aromatic carbocycles. The van der Waals surface area contributed by atoms with Crippen molar-refractivity contribution in [1.29, 1.82) is 0 Å². The number of pyridine rings is 1. The van der Waals surface area contributed by atoms with Gasteiger partial charge in [-0.1, -0.05) is 13.0 Å². The van der Waals surface area contributed by atoms with Gasteiger partial charge in [-0.2, -0.15) is 0 Å². The molecule has 0 radical (unpaired) electrons. The molecule has 0 N–H and O–H groups in total. The lowest BCUT2D eigenvalue weighted by atomic mass is 10.1. The molecule has 0 aliphatic carbocycles. The second kappa shape index (κ2) is 5.38. The maximum atomic E-state index is 12.3. The third-order valence-electron chi connectivity index (χ3n) is 3.04. The maximum absolute atomic E-state index is 12.3. The number of nitrogens with zero attached hydrogens (tertiary/aromatic N) is 3. The van der Waals surface area contributed by atoms with E-state index in [1.54, 1.807) is 16.8 Å². The van der Waals surface area contributed by atoms with Crippen LogP contribution in [0.1, 0.15) is 23.9 Å². The summed E-state index contributed by atoms with van der Waals surface area (Å²) in [6.45, 7) is 1.97. The smallest absolute Gasteiger partial charge is 0.262 e. The lowest BCUT2D eigenvalue weighted by Crippen LogP contribution is -2.19. The van der Waals surface area contributed by atoms with Crippen LogP contribution in [0.15, 0.2) is 40.8 Å². The molecule has 0 saturated carbocycles. The molecule has 0 atom stereocenters. The average molecular weight is 283 g/mol. The number of aromatic nitrogens is 3. The first-order valence-electron chi connectivity index (χ1n) is 6.37. The third-order valence-corrected chi connectivity index (χ3v) is 3.80. The van der Waals surface area contributed by atoms with Gasteiger partial charge in [-0.3, -0.25) is 14.2 Å². The van der Waals surface area contributed by atoms with Gasteiger partial charge in [-0.05, 0) is 30.7 Å². The molecule has 0 amide bonds. The molecule has 0 spiro atoms. The summed E-state index contributed by atoms with van der Waals surface area (Å²) in [6.07, 6.45) is 7.91. The van der Waals surface area contributed by atoms with Gasteiger partial charge in [-0.15, -0.1) is 11.3 Å². The zero-order valence-corrected chi connectivity index (χ0v) is 11.8. The van der Waals surface area contributed by atoms with Crippen molar-refractivity contribution in [3.63, 3.8) is 0 Å². The highest BCUT2D eigenvalue weighted by Gasteiger charge is 2.09. The Labute approximate surface area is 120 Å². The number of hydrogen-bond donors (Lipinski definition) is 0. The quantitative estimate of drug-likeness (QED) is 0.742. The van der Waals surface area contributed by atoms with E-state index in [0.29, 0.717) is 11.4 Å². The molecule has 0 unspecified atom stereocenters. The summed E-state index contributed by atoms with van der Waals surface area (Å²) in [4.78, 5) is 21.8. The van der Waals surface area contributed by atoms with E-state index in [4.69, 9.17) is 0 Å². The monoisotopic (exact) mass is 283 g/mol. The van der Waals surface area contributed by atoms with Gasteiger partial charge >= 0.3 is 0 Å². The van der Waals surface area contributed by atoms with Crippen molar-refractivity contribution >= 4 is 28.4 Å². The van der Waals surface area contributed by atoms with E-state index in [9.17, 15) is 4.79 Å². The highest BCUT2D eigenvalue weighted by molar-refractivity contribution is 7.15. The molecule has 5 heteroatoms. The van der Waals surface area contributed by atoms with Gasteiger partial charge in [0, 0.05) is 23.3 Å². The fraction of sp³-hybridized carbons (Fsp3) is 0.133. The molecule has 100 valence electrons. The van der Waals surface area contributed by atoms with Gasteiger partial charge in [0.2, 0.25) is 0 Å². The number of fused-ring (bicyclic) bond motifs is 1. The first-order chi connectivity index (χ1) is 9.79. The molecule has 0 fully saturated rings. The zero-order chi connectivity index (χ0) is 13.9. The molecule has 4 nitrogen and oxygen atoms in total. The van der Waals surface area contributed by atoms with E-state index < -0.39 is 0 Å². The summed E-state index contributed by atoms with van der Waals surface area (Å²) in [5.41, 5.74) is 2.32. The Kier molecular flexibility index (Phi) is 3.43. The summed E-state index contributed by atoms with van der Waals surface area (Å²) < 4.78 is 1.60. The second-order valence-corrected chi connectivity index (χ2v) is 5.15. The minimum Gasteiger partial charge on any atom is -0.269 e. The molecule has 0 bridgehead atoms. The number of rotatable bonds is 3. The third kappa shape index (κ3) is 2.28. The van der Waals surface area contributed by atoms with E-state index in [1.807, 2.05) is 42.7 Å². The van der Waals surface area contributed by atoms with Crippen LogP contribution in [-0.2, 0) is 6.42 Å².